The minimum absolute atomic E-state index is 0.182. The molecule has 2 fully saturated rings. The Morgan fingerprint density at radius 3 is 2.95 bits per heavy atom. The molecule has 1 aliphatic heterocycles. The van der Waals surface area contributed by atoms with E-state index in [1.54, 1.807) is 0 Å². The van der Waals surface area contributed by atoms with E-state index < -0.39 is 0 Å². The Morgan fingerprint density at radius 2 is 2.23 bits per heavy atom. The van der Waals surface area contributed by atoms with E-state index in [9.17, 15) is 4.79 Å². The smallest absolute Gasteiger partial charge is 0.223 e. The van der Waals surface area contributed by atoms with Crippen molar-refractivity contribution in [2.75, 3.05) is 26.2 Å². The van der Waals surface area contributed by atoms with Crippen LogP contribution in [0.2, 0.25) is 5.02 Å². The SMILES string of the molecule is Cc1cccc(Cl)c1OCCNC(=O)C1CC12CCNCC2. The van der Waals surface area contributed by atoms with Crippen LogP contribution in [0.1, 0.15) is 24.8 Å². The van der Waals surface area contributed by atoms with Gasteiger partial charge in [0.05, 0.1) is 11.6 Å². The van der Waals surface area contributed by atoms with Crippen molar-refractivity contribution in [3.63, 3.8) is 0 Å². The maximum absolute atomic E-state index is 12.2. The van der Waals surface area contributed by atoms with Crippen molar-refractivity contribution < 1.29 is 9.53 Å². The van der Waals surface area contributed by atoms with Crippen LogP contribution in [0.15, 0.2) is 18.2 Å². The molecule has 1 aromatic rings. The lowest BCUT2D eigenvalue weighted by molar-refractivity contribution is -0.123. The maximum atomic E-state index is 12.2. The second-order valence-corrected chi connectivity index (χ2v) is 6.80. The van der Waals surface area contributed by atoms with Gasteiger partial charge in [0.25, 0.3) is 0 Å². The first kappa shape index (κ1) is 15.6. The predicted molar refractivity (Wildman–Crippen MR) is 87.3 cm³/mol. The molecule has 0 radical (unpaired) electrons. The molecule has 1 saturated carbocycles. The third-order valence-corrected chi connectivity index (χ3v) is 5.21. The van der Waals surface area contributed by atoms with Gasteiger partial charge in [0.1, 0.15) is 12.4 Å². The van der Waals surface area contributed by atoms with E-state index in [4.69, 9.17) is 16.3 Å². The van der Waals surface area contributed by atoms with E-state index in [2.05, 4.69) is 10.6 Å². The summed E-state index contributed by atoms with van der Waals surface area (Å²) in [6.07, 6.45) is 3.30. The average molecular weight is 323 g/mol. The summed E-state index contributed by atoms with van der Waals surface area (Å²) in [6.45, 7) is 5.01. The first-order chi connectivity index (χ1) is 10.6. The lowest BCUT2D eigenvalue weighted by atomic mass is 9.92. The number of carbonyl (C=O) groups is 1. The first-order valence-electron chi connectivity index (χ1n) is 7.99. The minimum Gasteiger partial charge on any atom is -0.490 e. The monoisotopic (exact) mass is 322 g/mol. The number of halogens is 1. The number of hydrogen-bond donors (Lipinski definition) is 2. The van der Waals surface area contributed by atoms with Gasteiger partial charge in [0, 0.05) is 5.92 Å². The average Bonchev–Trinajstić information content (AvgIpc) is 3.20. The molecule has 22 heavy (non-hydrogen) atoms. The number of carbonyl (C=O) groups excluding carboxylic acids is 1. The van der Waals surface area contributed by atoms with Gasteiger partial charge in [-0.2, -0.15) is 0 Å². The van der Waals surface area contributed by atoms with E-state index >= 15 is 0 Å². The summed E-state index contributed by atoms with van der Waals surface area (Å²) < 4.78 is 5.70. The number of para-hydroxylation sites is 1. The van der Waals surface area contributed by atoms with Crippen molar-refractivity contribution >= 4 is 17.5 Å². The zero-order valence-corrected chi connectivity index (χ0v) is 13.7. The minimum atomic E-state index is 0.182. The summed E-state index contributed by atoms with van der Waals surface area (Å²) >= 11 is 6.11. The van der Waals surface area contributed by atoms with Gasteiger partial charge in [-0.05, 0) is 56.3 Å². The van der Waals surface area contributed by atoms with Crippen LogP contribution in [0, 0.1) is 18.3 Å². The molecule has 1 spiro atoms. The van der Waals surface area contributed by atoms with Crippen molar-refractivity contribution in [1.29, 1.82) is 0 Å². The molecule has 0 aromatic heterocycles. The molecule has 1 aliphatic carbocycles. The van der Waals surface area contributed by atoms with E-state index in [1.807, 2.05) is 25.1 Å². The van der Waals surface area contributed by atoms with Gasteiger partial charge < -0.3 is 15.4 Å². The summed E-state index contributed by atoms with van der Waals surface area (Å²) in [5.74, 6) is 1.10. The molecule has 1 aromatic carbocycles. The zero-order chi connectivity index (χ0) is 15.6. The van der Waals surface area contributed by atoms with Crippen molar-refractivity contribution in [2.45, 2.75) is 26.2 Å². The van der Waals surface area contributed by atoms with Gasteiger partial charge in [-0.1, -0.05) is 23.7 Å². The highest BCUT2D eigenvalue weighted by atomic mass is 35.5. The zero-order valence-electron chi connectivity index (χ0n) is 13.0. The predicted octanol–water partition coefficient (Wildman–Crippen LogP) is 2.53. The lowest BCUT2D eigenvalue weighted by Gasteiger charge is -2.23. The van der Waals surface area contributed by atoms with E-state index in [1.165, 1.54) is 0 Å². The molecule has 5 heteroatoms. The fourth-order valence-corrected chi connectivity index (χ4v) is 3.72. The Balaban J connectivity index is 1.41. The Labute approximate surface area is 136 Å². The molecule has 1 heterocycles. The van der Waals surface area contributed by atoms with Crippen LogP contribution < -0.4 is 15.4 Å². The van der Waals surface area contributed by atoms with Crippen LogP contribution in [0.25, 0.3) is 0 Å². The van der Waals surface area contributed by atoms with Crippen LogP contribution in [-0.2, 0) is 4.79 Å². The molecule has 1 unspecified atom stereocenters. The van der Waals surface area contributed by atoms with Crippen LogP contribution in [0.5, 0.6) is 5.75 Å². The summed E-state index contributed by atoms with van der Waals surface area (Å²) in [7, 11) is 0. The standard InChI is InChI=1S/C17H23ClN2O2/c1-12-3-2-4-14(18)15(12)22-10-9-20-16(21)13-11-17(13)5-7-19-8-6-17/h2-4,13,19H,5-11H2,1H3,(H,20,21). The molecule has 3 rings (SSSR count). The van der Waals surface area contributed by atoms with Gasteiger partial charge in [-0.15, -0.1) is 0 Å². The number of amides is 1. The normalized spacial score (nSPS) is 22.4. The third kappa shape index (κ3) is 3.23. The number of aryl methyl sites for hydroxylation is 1. The van der Waals surface area contributed by atoms with Crippen molar-refractivity contribution in [1.82, 2.24) is 10.6 Å². The van der Waals surface area contributed by atoms with Crippen molar-refractivity contribution in [3.05, 3.63) is 28.8 Å². The molecule has 2 N–H and O–H groups in total. The number of benzene rings is 1. The summed E-state index contributed by atoms with van der Waals surface area (Å²) in [5.41, 5.74) is 1.30. The molecule has 2 aliphatic rings. The van der Waals surface area contributed by atoms with Gasteiger partial charge in [0.15, 0.2) is 0 Å². The molecule has 0 bridgehead atoms. The second-order valence-electron chi connectivity index (χ2n) is 6.39. The van der Waals surface area contributed by atoms with Crippen molar-refractivity contribution in [2.24, 2.45) is 11.3 Å². The largest absolute Gasteiger partial charge is 0.490 e. The molecule has 1 amide bonds. The topological polar surface area (TPSA) is 50.4 Å². The Bertz CT molecular complexity index is 535. The molecular weight excluding hydrogens is 300 g/mol. The van der Waals surface area contributed by atoms with Gasteiger partial charge in [-0.25, -0.2) is 0 Å². The van der Waals surface area contributed by atoms with E-state index in [-0.39, 0.29) is 17.2 Å². The summed E-state index contributed by atoms with van der Waals surface area (Å²) in [5, 5.41) is 6.97. The molecule has 120 valence electrons. The summed E-state index contributed by atoms with van der Waals surface area (Å²) in [4.78, 5) is 12.2. The van der Waals surface area contributed by atoms with Crippen LogP contribution >= 0.6 is 11.6 Å². The van der Waals surface area contributed by atoms with Crippen LogP contribution in [0.3, 0.4) is 0 Å². The highest BCUT2D eigenvalue weighted by molar-refractivity contribution is 6.32. The number of piperidine rings is 1. The Hall–Kier alpha value is -1.26. The van der Waals surface area contributed by atoms with Crippen LogP contribution in [-0.4, -0.2) is 32.1 Å². The quantitative estimate of drug-likeness (QED) is 0.819. The number of rotatable bonds is 5. The Morgan fingerprint density at radius 1 is 1.45 bits per heavy atom. The fourth-order valence-electron chi connectivity index (χ4n) is 3.45. The highest BCUT2D eigenvalue weighted by Gasteiger charge is 2.57. The number of hydrogen-bond acceptors (Lipinski definition) is 3. The van der Waals surface area contributed by atoms with E-state index in [0.29, 0.717) is 23.9 Å². The molecule has 1 atom stereocenters. The first-order valence-corrected chi connectivity index (χ1v) is 8.36. The van der Waals surface area contributed by atoms with Gasteiger partial charge in [-0.3, -0.25) is 4.79 Å². The molecule has 4 nitrogen and oxygen atoms in total. The third-order valence-electron chi connectivity index (χ3n) is 4.92. The van der Waals surface area contributed by atoms with Gasteiger partial charge in [0.2, 0.25) is 5.91 Å². The fraction of sp³-hybridized carbons (Fsp3) is 0.588. The molecule has 1 saturated heterocycles. The number of nitrogens with one attached hydrogen (secondary N) is 2. The Kier molecular flexibility index (Phi) is 4.59. The lowest BCUT2D eigenvalue weighted by Crippen LogP contribution is -2.35. The maximum Gasteiger partial charge on any atom is 0.223 e. The second kappa shape index (κ2) is 6.47. The van der Waals surface area contributed by atoms with Crippen molar-refractivity contribution in [3.8, 4) is 5.75 Å². The number of ether oxygens (including phenoxy) is 1. The van der Waals surface area contributed by atoms with Gasteiger partial charge >= 0.3 is 0 Å². The van der Waals surface area contributed by atoms with E-state index in [0.717, 1.165) is 37.9 Å². The molecular formula is C17H23ClN2O2. The summed E-state index contributed by atoms with van der Waals surface area (Å²) in [6, 6.07) is 5.68. The highest BCUT2D eigenvalue weighted by Crippen LogP contribution is 2.58. The van der Waals surface area contributed by atoms with Crippen LogP contribution in [0.4, 0.5) is 0 Å².